The molecule has 1 aliphatic rings. The van der Waals surface area contributed by atoms with Gasteiger partial charge in [-0.1, -0.05) is 19.3 Å². The lowest BCUT2D eigenvalue weighted by molar-refractivity contribution is -0.138. The third-order valence-electron chi connectivity index (χ3n) is 3.63. The van der Waals surface area contributed by atoms with Crippen molar-refractivity contribution >= 4 is 11.9 Å². The molecule has 0 radical (unpaired) electrons. The van der Waals surface area contributed by atoms with Gasteiger partial charge in [-0.3, -0.25) is 9.59 Å². The van der Waals surface area contributed by atoms with E-state index in [9.17, 15) is 9.59 Å². The largest absolute Gasteiger partial charge is 0.481 e. The van der Waals surface area contributed by atoms with Crippen molar-refractivity contribution < 1.29 is 19.8 Å². The first-order valence-electron chi connectivity index (χ1n) is 6.95. The van der Waals surface area contributed by atoms with Crippen LogP contribution in [-0.2, 0) is 9.59 Å². The first-order chi connectivity index (χ1) is 9.06. The molecule has 1 amide bonds. The minimum Gasteiger partial charge on any atom is -0.481 e. The zero-order valence-electron chi connectivity index (χ0n) is 11.3. The van der Waals surface area contributed by atoms with Gasteiger partial charge in [0.25, 0.3) is 0 Å². The molecule has 19 heavy (non-hydrogen) atoms. The maximum Gasteiger partial charge on any atom is 0.303 e. The molecule has 0 saturated heterocycles. The molecule has 0 bridgehead atoms. The van der Waals surface area contributed by atoms with Crippen molar-refractivity contribution in [2.24, 2.45) is 5.73 Å². The third kappa shape index (κ3) is 5.16. The zero-order valence-corrected chi connectivity index (χ0v) is 11.3. The summed E-state index contributed by atoms with van der Waals surface area (Å²) in [7, 11) is 0. The number of carbonyl (C=O) groups is 2. The SMILES string of the molecule is NC(CCC(=O)O)C(=O)N(CCO)C1CCCCC1. The van der Waals surface area contributed by atoms with Crippen LogP contribution in [0.25, 0.3) is 0 Å². The van der Waals surface area contributed by atoms with Crippen molar-refractivity contribution in [1.82, 2.24) is 4.90 Å². The summed E-state index contributed by atoms with van der Waals surface area (Å²) in [6.45, 7) is 0.193. The fourth-order valence-corrected chi connectivity index (χ4v) is 2.59. The van der Waals surface area contributed by atoms with Gasteiger partial charge in [0.15, 0.2) is 0 Å². The summed E-state index contributed by atoms with van der Waals surface area (Å²) in [5.74, 6) is -1.18. The molecule has 0 spiro atoms. The van der Waals surface area contributed by atoms with Crippen LogP contribution in [0.2, 0.25) is 0 Å². The maximum atomic E-state index is 12.2. The van der Waals surface area contributed by atoms with Gasteiger partial charge in [-0.05, 0) is 19.3 Å². The van der Waals surface area contributed by atoms with E-state index < -0.39 is 12.0 Å². The summed E-state index contributed by atoms with van der Waals surface area (Å²) in [6, 6.07) is -0.645. The van der Waals surface area contributed by atoms with Crippen LogP contribution in [0.4, 0.5) is 0 Å². The number of carbonyl (C=O) groups excluding carboxylic acids is 1. The minimum atomic E-state index is -0.949. The van der Waals surface area contributed by atoms with E-state index in [4.69, 9.17) is 15.9 Å². The molecule has 1 aliphatic carbocycles. The maximum absolute atomic E-state index is 12.2. The predicted molar refractivity (Wildman–Crippen MR) is 70.5 cm³/mol. The molecule has 1 rings (SSSR count). The van der Waals surface area contributed by atoms with Gasteiger partial charge in [-0.2, -0.15) is 0 Å². The number of rotatable bonds is 7. The predicted octanol–water partition coefficient (Wildman–Crippen LogP) is 0.332. The molecule has 6 nitrogen and oxygen atoms in total. The molecule has 1 fully saturated rings. The van der Waals surface area contributed by atoms with E-state index in [1.807, 2.05) is 0 Å². The van der Waals surface area contributed by atoms with E-state index in [1.54, 1.807) is 4.90 Å². The van der Waals surface area contributed by atoms with Gasteiger partial charge in [0.2, 0.25) is 5.91 Å². The van der Waals surface area contributed by atoms with Crippen LogP contribution < -0.4 is 5.73 Å². The Morgan fingerprint density at radius 2 is 1.89 bits per heavy atom. The number of aliphatic hydroxyl groups excluding tert-OH is 1. The van der Waals surface area contributed by atoms with Crippen LogP contribution >= 0.6 is 0 Å². The van der Waals surface area contributed by atoms with Gasteiger partial charge >= 0.3 is 5.97 Å². The van der Waals surface area contributed by atoms with E-state index in [0.29, 0.717) is 0 Å². The second-order valence-corrected chi connectivity index (χ2v) is 5.09. The highest BCUT2D eigenvalue weighted by molar-refractivity contribution is 5.82. The first kappa shape index (κ1) is 15.9. The normalized spacial score (nSPS) is 18.0. The van der Waals surface area contributed by atoms with Crippen molar-refractivity contribution in [3.63, 3.8) is 0 Å². The smallest absolute Gasteiger partial charge is 0.303 e. The van der Waals surface area contributed by atoms with E-state index in [1.165, 1.54) is 6.42 Å². The highest BCUT2D eigenvalue weighted by Gasteiger charge is 2.28. The van der Waals surface area contributed by atoms with Crippen molar-refractivity contribution in [3.05, 3.63) is 0 Å². The van der Waals surface area contributed by atoms with E-state index >= 15 is 0 Å². The Balaban J connectivity index is 2.57. The van der Waals surface area contributed by atoms with E-state index in [-0.39, 0.29) is 37.9 Å². The van der Waals surface area contributed by atoms with E-state index in [0.717, 1.165) is 25.7 Å². The summed E-state index contributed by atoms with van der Waals surface area (Å²) in [5, 5.41) is 17.7. The topological polar surface area (TPSA) is 104 Å². The van der Waals surface area contributed by atoms with Crippen molar-refractivity contribution in [2.45, 2.75) is 57.0 Å². The van der Waals surface area contributed by atoms with Crippen LogP contribution in [0.1, 0.15) is 44.9 Å². The van der Waals surface area contributed by atoms with Crippen LogP contribution in [0.5, 0.6) is 0 Å². The standard InChI is InChI=1S/C13H24N2O4/c14-11(6-7-12(17)18)13(19)15(8-9-16)10-4-2-1-3-5-10/h10-11,16H,1-9,14H2,(H,17,18). The molecule has 0 aliphatic heterocycles. The Kier molecular flexibility index (Phi) is 6.80. The molecule has 0 aromatic heterocycles. The summed E-state index contributed by atoms with van der Waals surface area (Å²) in [4.78, 5) is 24.4. The highest BCUT2D eigenvalue weighted by Crippen LogP contribution is 2.23. The molecule has 110 valence electrons. The average molecular weight is 272 g/mol. The lowest BCUT2D eigenvalue weighted by Crippen LogP contribution is -2.50. The molecular formula is C13H24N2O4. The van der Waals surface area contributed by atoms with Crippen molar-refractivity contribution in [2.75, 3.05) is 13.2 Å². The summed E-state index contributed by atoms with van der Waals surface area (Å²) in [5.41, 5.74) is 5.77. The summed E-state index contributed by atoms with van der Waals surface area (Å²) < 4.78 is 0. The number of nitrogens with zero attached hydrogens (tertiary/aromatic N) is 1. The van der Waals surface area contributed by atoms with Gasteiger partial charge in [-0.15, -0.1) is 0 Å². The molecule has 0 aromatic rings. The molecule has 1 saturated carbocycles. The summed E-state index contributed by atoms with van der Waals surface area (Å²) in [6.07, 6.45) is 5.28. The number of amides is 1. The number of hydrogen-bond donors (Lipinski definition) is 3. The fraction of sp³-hybridized carbons (Fsp3) is 0.846. The number of nitrogens with two attached hydrogens (primary N) is 1. The number of carboxylic acid groups (broad SMARTS) is 1. The molecule has 4 N–H and O–H groups in total. The molecule has 1 unspecified atom stereocenters. The molecule has 0 heterocycles. The quantitative estimate of drug-likeness (QED) is 0.619. The molecule has 0 aromatic carbocycles. The summed E-state index contributed by atoms with van der Waals surface area (Å²) >= 11 is 0. The lowest BCUT2D eigenvalue weighted by atomic mass is 9.93. The lowest BCUT2D eigenvalue weighted by Gasteiger charge is -2.35. The van der Waals surface area contributed by atoms with Crippen LogP contribution in [-0.4, -0.2) is 52.2 Å². The Morgan fingerprint density at radius 3 is 2.42 bits per heavy atom. The number of carboxylic acids is 1. The van der Waals surface area contributed by atoms with Crippen molar-refractivity contribution in [3.8, 4) is 0 Å². The second-order valence-electron chi connectivity index (χ2n) is 5.09. The molecule has 1 atom stereocenters. The van der Waals surface area contributed by atoms with Crippen LogP contribution in [0, 0.1) is 0 Å². The first-order valence-corrected chi connectivity index (χ1v) is 6.95. The second kappa shape index (κ2) is 8.12. The van der Waals surface area contributed by atoms with Crippen LogP contribution in [0.15, 0.2) is 0 Å². The number of aliphatic carboxylic acids is 1. The van der Waals surface area contributed by atoms with Gasteiger partial charge in [0.05, 0.1) is 12.6 Å². The van der Waals surface area contributed by atoms with Crippen LogP contribution in [0.3, 0.4) is 0 Å². The number of hydrogen-bond acceptors (Lipinski definition) is 4. The zero-order chi connectivity index (χ0) is 14.3. The monoisotopic (exact) mass is 272 g/mol. The Hall–Kier alpha value is -1.14. The third-order valence-corrected chi connectivity index (χ3v) is 3.63. The molecular weight excluding hydrogens is 248 g/mol. The fourth-order valence-electron chi connectivity index (χ4n) is 2.59. The number of aliphatic hydroxyl groups is 1. The van der Waals surface area contributed by atoms with Gasteiger partial charge < -0.3 is 20.8 Å². The Labute approximate surface area is 113 Å². The minimum absolute atomic E-state index is 0.0894. The molecule has 6 heteroatoms. The highest BCUT2D eigenvalue weighted by atomic mass is 16.4. The van der Waals surface area contributed by atoms with Gasteiger partial charge in [-0.25, -0.2) is 0 Å². The Bertz CT molecular complexity index is 303. The van der Waals surface area contributed by atoms with Crippen molar-refractivity contribution in [1.29, 1.82) is 0 Å². The van der Waals surface area contributed by atoms with Gasteiger partial charge in [0.1, 0.15) is 0 Å². The average Bonchev–Trinajstić information content (AvgIpc) is 2.42. The van der Waals surface area contributed by atoms with Gasteiger partial charge in [0, 0.05) is 19.0 Å². The Morgan fingerprint density at radius 1 is 1.26 bits per heavy atom. The van der Waals surface area contributed by atoms with E-state index in [2.05, 4.69) is 0 Å².